The van der Waals surface area contributed by atoms with Gasteiger partial charge in [0.15, 0.2) is 5.13 Å². The number of aryl methyl sites for hydroxylation is 1. The number of benzene rings is 1. The number of fused-ring (bicyclic) bond motifs is 1. The highest BCUT2D eigenvalue weighted by Gasteiger charge is 2.21. The molecule has 5 rings (SSSR count). The van der Waals surface area contributed by atoms with Gasteiger partial charge >= 0.3 is 0 Å². The minimum Gasteiger partial charge on any atom is -0.318 e. The first-order valence-electron chi connectivity index (χ1n) is 10.1. The molecule has 32 heavy (non-hydrogen) atoms. The second kappa shape index (κ2) is 7.85. The third-order valence-electron chi connectivity index (χ3n) is 5.44. The topological polar surface area (TPSA) is 65.8 Å². The third-order valence-corrected chi connectivity index (χ3v) is 6.43. The summed E-state index contributed by atoms with van der Waals surface area (Å²) in [4.78, 5) is 23.8. The maximum absolute atomic E-state index is 15.0. The van der Waals surface area contributed by atoms with Crippen molar-refractivity contribution in [2.45, 2.75) is 6.92 Å². The van der Waals surface area contributed by atoms with E-state index in [1.165, 1.54) is 28.4 Å². The van der Waals surface area contributed by atoms with Crippen LogP contribution in [0.15, 0.2) is 55.1 Å². The molecule has 162 valence electrons. The monoisotopic (exact) mass is 448 g/mol. The minimum atomic E-state index is -0.581. The molecule has 0 aliphatic carbocycles. The van der Waals surface area contributed by atoms with Crippen molar-refractivity contribution in [1.29, 1.82) is 0 Å². The molecule has 1 aliphatic heterocycles. The Hall–Kier alpha value is -3.56. The number of pyridine rings is 1. The molecule has 0 radical (unpaired) electrons. The Morgan fingerprint density at radius 2 is 2.00 bits per heavy atom. The van der Waals surface area contributed by atoms with Crippen LogP contribution in [0.2, 0.25) is 0 Å². The van der Waals surface area contributed by atoms with E-state index < -0.39 is 11.7 Å². The molecule has 4 aromatic rings. The number of nitrogens with one attached hydrogen (secondary N) is 1. The zero-order chi connectivity index (χ0) is 22.4. The normalized spacial score (nSPS) is 13.6. The molecule has 1 N–H and O–H groups in total. The van der Waals surface area contributed by atoms with Crippen LogP contribution in [0, 0.1) is 12.7 Å². The zero-order valence-electron chi connectivity index (χ0n) is 17.8. The summed E-state index contributed by atoms with van der Waals surface area (Å²) in [6.45, 7) is 2.65. The Morgan fingerprint density at radius 1 is 1.19 bits per heavy atom. The summed E-state index contributed by atoms with van der Waals surface area (Å²) in [6, 6.07) is 8.62. The molecule has 3 aromatic heterocycles. The number of anilines is 1. The summed E-state index contributed by atoms with van der Waals surface area (Å²) in [6.07, 6.45) is 7.45. The second-order valence-electron chi connectivity index (χ2n) is 7.70. The molecule has 1 aliphatic rings. The smallest absolute Gasteiger partial charge is 0.262 e. The van der Waals surface area contributed by atoms with E-state index in [1.54, 1.807) is 25.5 Å². The number of hydrogen-bond donors (Lipinski definition) is 1. The minimum absolute atomic E-state index is 0.00355. The largest absolute Gasteiger partial charge is 0.318 e. The summed E-state index contributed by atoms with van der Waals surface area (Å²) < 4.78 is 17.0. The molecular weight excluding hydrogens is 427 g/mol. The summed E-state index contributed by atoms with van der Waals surface area (Å²) in [5.41, 5.74) is 7.61. The van der Waals surface area contributed by atoms with Gasteiger partial charge in [0.25, 0.3) is 5.91 Å². The van der Waals surface area contributed by atoms with Gasteiger partial charge in [-0.3, -0.25) is 14.1 Å². The maximum Gasteiger partial charge on any atom is 0.262 e. The lowest BCUT2D eigenvalue weighted by atomic mass is 10.1. The number of nitrogens with zero attached hydrogens (tertiary/aromatic N) is 5. The van der Waals surface area contributed by atoms with Crippen LogP contribution in [0.5, 0.6) is 0 Å². The van der Waals surface area contributed by atoms with E-state index in [-0.39, 0.29) is 5.56 Å². The van der Waals surface area contributed by atoms with Crippen molar-refractivity contribution in [2.75, 3.05) is 25.5 Å². The van der Waals surface area contributed by atoms with Gasteiger partial charge in [0, 0.05) is 49.7 Å². The predicted molar refractivity (Wildman–Crippen MR) is 124 cm³/mol. The average molecular weight is 449 g/mol. The number of carbonyl (C=O) groups excluding carboxylic acids is 1. The molecule has 0 fully saturated rings. The zero-order valence-corrected chi connectivity index (χ0v) is 18.7. The Balaban J connectivity index is 1.48. The highest BCUT2D eigenvalue weighted by molar-refractivity contribution is 7.15. The van der Waals surface area contributed by atoms with Crippen LogP contribution in [0.3, 0.4) is 0 Å². The van der Waals surface area contributed by atoms with E-state index in [9.17, 15) is 4.79 Å². The van der Waals surface area contributed by atoms with Crippen molar-refractivity contribution >= 4 is 33.6 Å². The number of aromatic nitrogens is 3. The summed E-state index contributed by atoms with van der Waals surface area (Å²) in [5, 5.41) is 2.45. The van der Waals surface area contributed by atoms with Crippen molar-refractivity contribution in [3.8, 4) is 11.3 Å². The van der Waals surface area contributed by atoms with Crippen LogP contribution < -0.4 is 10.3 Å². The van der Waals surface area contributed by atoms with Crippen molar-refractivity contribution in [2.24, 2.45) is 0 Å². The van der Waals surface area contributed by atoms with Gasteiger partial charge in [0.1, 0.15) is 11.5 Å². The second-order valence-corrected chi connectivity index (χ2v) is 8.92. The molecule has 0 unspecified atom stereocenters. The summed E-state index contributed by atoms with van der Waals surface area (Å²) in [5.74, 6) is -1.02. The lowest BCUT2D eigenvalue weighted by molar-refractivity contribution is 0.0989. The van der Waals surface area contributed by atoms with Gasteiger partial charge in [-0.1, -0.05) is 6.07 Å². The molecule has 7 nitrogen and oxygen atoms in total. The summed E-state index contributed by atoms with van der Waals surface area (Å²) >= 11 is 1.39. The molecule has 4 heterocycles. The molecule has 1 aromatic carbocycles. The first kappa shape index (κ1) is 20.3. The first-order valence-corrected chi connectivity index (χ1v) is 10.9. The van der Waals surface area contributed by atoms with E-state index in [1.807, 2.05) is 47.9 Å². The lowest BCUT2D eigenvalue weighted by Crippen LogP contribution is -2.26. The van der Waals surface area contributed by atoms with Crippen molar-refractivity contribution in [3.05, 3.63) is 76.9 Å². The number of amides is 1. The van der Waals surface area contributed by atoms with Gasteiger partial charge in [-0.25, -0.2) is 19.8 Å². The Labute approximate surface area is 188 Å². The van der Waals surface area contributed by atoms with Crippen LogP contribution in [-0.4, -0.2) is 45.9 Å². The number of hydrogen-bond acceptors (Lipinski definition) is 6. The number of rotatable bonds is 4. The van der Waals surface area contributed by atoms with E-state index in [0.29, 0.717) is 10.7 Å². The van der Waals surface area contributed by atoms with E-state index in [0.717, 1.165) is 33.9 Å². The highest BCUT2D eigenvalue weighted by atomic mass is 32.1. The van der Waals surface area contributed by atoms with E-state index in [4.69, 9.17) is 0 Å². The average Bonchev–Trinajstić information content (AvgIpc) is 3.51. The SMILES string of the molecule is Cc1cnc(N(C)C(=O)c2ccc(-c3cnc4ccc(C5=CN(C)NC5)cn34)cc2F)s1. The van der Waals surface area contributed by atoms with Crippen molar-refractivity contribution < 1.29 is 9.18 Å². The molecule has 0 saturated heterocycles. The Bertz CT molecular complexity index is 1370. The fourth-order valence-electron chi connectivity index (χ4n) is 3.71. The molecule has 1 amide bonds. The van der Waals surface area contributed by atoms with Crippen LogP contribution in [-0.2, 0) is 0 Å². The predicted octanol–water partition coefficient (Wildman–Crippen LogP) is 3.97. The molecular formula is C23H21FN6OS. The maximum atomic E-state index is 15.0. The standard InChI is InChI=1S/C23H21FN6OS/c1-14-9-26-23(32-14)29(3)22(31)18-6-4-15(8-19(18)24)20-11-25-21-7-5-16(13-30(20)21)17-10-27-28(2)12-17/h4-9,11-13,27H,10H2,1-3H3. The fourth-order valence-corrected chi connectivity index (χ4v) is 4.43. The van der Waals surface area contributed by atoms with Gasteiger partial charge in [-0.15, -0.1) is 11.3 Å². The molecule has 0 saturated carbocycles. The summed E-state index contributed by atoms with van der Waals surface area (Å²) in [7, 11) is 3.55. The molecule has 0 spiro atoms. The Kier molecular flexibility index (Phi) is 4.99. The number of hydrazine groups is 1. The van der Waals surface area contributed by atoms with Gasteiger partial charge in [-0.05, 0) is 42.3 Å². The van der Waals surface area contributed by atoms with E-state index in [2.05, 4.69) is 15.4 Å². The third kappa shape index (κ3) is 3.55. The number of thiazole rings is 1. The van der Waals surface area contributed by atoms with Gasteiger partial charge in [-0.2, -0.15) is 0 Å². The van der Waals surface area contributed by atoms with Gasteiger partial charge in [0.05, 0.1) is 17.5 Å². The fraction of sp³-hybridized carbons (Fsp3) is 0.174. The van der Waals surface area contributed by atoms with Gasteiger partial charge in [0.2, 0.25) is 0 Å². The van der Waals surface area contributed by atoms with Crippen LogP contribution in [0.1, 0.15) is 20.8 Å². The van der Waals surface area contributed by atoms with Crippen LogP contribution >= 0.6 is 11.3 Å². The number of halogens is 1. The molecule has 0 bridgehead atoms. The quantitative estimate of drug-likeness (QED) is 0.512. The molecule has 0 atom stereocenters. The Morgan fingerprint density at radius 3 is 2.69 bits per heavy atom. The lowest BCUT2D eigenvalue weighted by Gasteiger charge is -2.14. The van der Waals surface area contributed by atoms with Crippen LogP contribution in [0.4, 0.5) is 9.52 Å². The van der Waals surface area contributed by atoms with E-state index >= 15 is 4.39 Å². The first-order chi connectivity index (χ1) is 15.4. The molecule has 9 heteroatoms. The van der Waals surface area contributed by atoms with Crippen LogP contribution in [0.25, 0.3) is 22.5 Å². The number of imidazole rings is 1. The highest BCUT2D eigenvalue weighted by Crippen LogP contribution is 2.27. The van der Waals surface area contributed by atoms with Crippen molar-refractivity contribution in [1.82, 2.24) is 24.8 Å². The van der Waals surface area contributed by atoms with Crippen molar-refractivity contribution in [3.63, 3.8) is 0 Å². The van der Waals surface area contributed by atoms with Gasteiger partial charge < -0.3 is 5.01 Å². The number of carbonyl (C=O) groups is 1.